The van der Waals surface area contributed by atoms with E-state index in [1.165, 1.54) is 21.2 Å². The lowest BCUT2D eigenvalue weighted by atomic mass is 10.1. The van der Waals surface area contributed by atoms with Crippen LogP contribution < -0.4 is 0 Å². The number of hydrogen-bond donors (Lipinski definition) is 0. The molecule has 0 radical (unpaired) electrons. The Morgan fingerprint density at radius 2 is 2.08 bits per heavy atom. The fourth-order valence-electron chi connectivity index (χ4n) is 1.14. The van der Waals surface area contributed by atoms with Crippen LogP contribution in [0.15, 0.2) is 29.2 Å². The van der Waals surface area contributed by atoms with Gasteiger partial charge in [-0.15, -0.1) is 0 Å². The number of benzene rings is 1. The summed E-state index contributed by atoms with van der Waals surface area (Å²) in [5.74, 6) is 0. The van der Waals surface area contributed by atoms with E-state index in [-0.39, 0.29) is 0 Å². The van der Waals surface area contributed by atoms with Crippen LogP contribution in [0.3, 0.4) is 0 Å². The topological polar surface area (TPSA) is 34.1 Å². The van der Waals surface area contributed by atoms with Crippen molar-refractivity contribution in [3.8, 4) is 0 Å². The highest BCUT2D eigenvalue weighted by Crippen LogP contribution is 2.18. The summed E-state index contributed by atoms with van der Waals surface area (Å²) in [6, 6.07) is 7.11. The first-order valence-electron chi connectivity index (χ1n) is 4.07. The van der Waals surface area contributed by atoms with Crippen LogP contribution in [0.5, 0.6) is 0 Å². The van der Waals surface area contributed by atoms with E-state index >= 15 is 0 Å². The van der Waals surface area contributed by atoms with Crippen LogP contribution >= 0.6 is 21.2 Å². The van der Waals surface area contributed by atoms with E-state index in [1.807, 2.05) is 6.07 Å². The lowest BCUT2D eigenvalue weighted by Crippen LogP contribution is -1.91. The SMILES string of the molecule is CCCc1cccc(S(=O)(=O)I)c1. The molecular weight excluding hydrogens is 299 g/mol. The van der Waals surface area contributed by atoms with Gasteiger partial charge in [0.1, 0.15) is 0 Å². The zero-order chi connectivity index (χ0) is 9.90. The van der Waals surface area contributed by atoms with Gasteiger partial charge in [0.2, 0.25) is 7.01 Å². The van der Waals surface area contributed by atoms with E-state index in [4.69, 9.17) is 0 Å². The van der Waals surface area contributed by atoms with Crippen LogP contribution in [-0.4, -0.2) is 8.42 Å². The van der Waals surface area contributed by atoms with Crippen molar-refractivity contribution >= 4 is 28.2 Å². The van der Waals surface area contributed by atoms with E-state index in [2.05, 4.69) is 6.92 Å². The van der Waals surface area contributed by atoms with Crippen LogP contribution in [0.4, 0.5) is 0 Å². The molecule has 1 aromatic rings. The Morgan fingerprint density at radius 3 is 2.62 bits per heavy atom. The second-order valence-corrected chi connectivity index (χ2v) is 7.66. The van der Waals surface area contributed by atoms with Crippen molar-refractivity contribution in [3.63, 3.8) is 0 Å². The molecule has 4 heteroatoms. The average molecular weight is 310 g/mol. The summed E-state index contributed by atoms with van der Waals surface area (Å²) in [6.07, 6.45) is 1.96. The molecule has 1 rings (SSSR count). The fourth-order valence-corrected chi connectivity index (χ4v) is 2.50. The maximum Gasteiger partial charge on any atom is 0.231 e. The molecule has 0 aliphatic carbocycles. The second-order valence-electron chi connectivity index (χ2n) is 2.84. The third-order valence-corrected chi connectivity index (χ3v) is 4.06. The minimum Gasteiger partial charge on any atom is -0.213 e. The summed E-state index contributed by atoms with van der Waals surface area (Å²) < 4.78 is 22.4. The molecule has 0 bridgehead atoms. The Hall–Kier alpha value is -0.100. The van der Waals surface area contributed by atoms with Gasteiger partial charge >= 0.3 is 0 Å². The molecule has 0 fully saturated rings. The van der Waals surface area contributed by atoms with Crippen LogP contribution in [0.25, 0.3) is 0 Å². The van der Waals surface area contributed by atoms with Crippen molar-refractivity contribution in [3.05, 3.63) is 29.8 Å². The van der Waals surface area contributed by atoms with E-state index < -0.39 is 7.01 Å². The molecule has 2 nitrogen and oxygen atoms in total. The summed E-state index contributed by atoms with van der Waals surface area (Å²) >= 11 is 1.46. The predicted molar refractivity (Wildman–Crippen MR) is 61.6 cm³/mol. The maximum atomic E-state index is 11.2. The van der Waals surface area contributed by atoms with Crippen molar-refractivity contribution in [2.45, 2.75) is 24.7 Å². The molecule has 0 amide bonds. The molecule has 1 aromatic carbocycles. The van der Waals surface area contributed by atoms with E-state index in [0.29, 0.717) is 4.90 Å². The molecule has 0 aliphatic heterocycles. The Bertz CT molecular complexity index is 384. The van der Waals surface area contributed by atoms with Gasteiger partial charge < -0.3 is 0 Å². The highest BCUT2D eigenvalue weighted by molar-refractivity contribution is 14.2. The molecule has 0 aliphatic rings. The highest BCUT2D eigenvalue weighted by atomic mass is 127. The number of hydrogen-bond acceptors (Lipinski definition) is 2. The smallest absolute Gasteiger partial charge is 0.213 e. The number of halogens is 1. The Balaban J connectivity index is 3.06. The zero-order valence-electron chi connectivity index (χ0n) is 7.33. The molecule has 0 aromatic heterocycles. The molecular formula is C9H11IO2S. The fraction of sp³-hybridized carbons (Fsp3) is 0.333. The van der Waals surface area contributed by atoms with Gasteiger partial charge in [-0.2, -0.15) is 0 Å². The molecule has 0 unspecified atom stereocenters. The van der Waals surface area contributed by atoms with Crippen molar-refractivity contribution < 1.29 is 8.42 Å². The Morgan fingerprint density at radius 1 is 1.38 bits per heavy atom. The van der Waals surface area contributed by atoms with Gasteiger partial charge in [-0.1, -0.05) is 25.5 Å². The largest absolute Gasteiger partial charge is 0.231 e. The standard InChI is InChI=1S/C9H11IO2S/c1-2-4-8-5-3-6-9(7-8)13(10,11)12/h3,5-7H,2,4H2,1H3. The van der Waals surface area contributed by atoms with Crippen LogP contribution in [0.1, 0.15) is 18.9 Å². The third-order valence-electron chi connectivity index (χ3n) is 1.72. The lowest BCUT2D eigenvalue weighted by Gasteiger charge is -2.00. The van der Waals surface area contributed by atoms with Crippen molar-refractivity contribution in [2.75, 3.05) is 0 Å². The summed E-state index contributed by atoms with van der Waals surface area (Å²) in [4.78, 5) is 0.402. The van der Waals surface area contributed by atoms with Gasteiger partial charge in [-0.3, -0.25) is 0 Å². The van der Waals surface area contributed by atoms with E-state index in [9.17, 15) is 8.42 Å². The normalized spacial score (nSPS) is 11.5. The van der Waals surface area contributed by atoms with Crippen LogP contribution in [-0.2, 0) is 13.4 Å². The predicted octanol–water partition coefficient (Wildman–Crippen LogP) is 2.76. The third kappa shape index (κ3) is 3.27. The first-order valence-corrected chi connectivity index (χ1v) is 8.10. The second kappa shape index (κ2) is 4.41. The van der Waals surface area contributed by atoms with E-state index in [0.717, 1.165) is 18.4 Å². The van der Waals surface area contributed by atoms with Crippen molar-refractivity contribution in [1.29, 1.82) is 0 Å². The Kier molecular flexibility index (Phi) is 3.73. The molecule has 0 saturated heterocycles. The summed E-state index contributed by atoms with van der Waals surface area (Å²) in [7, 11) is -3.07. The summed E-state index contributed by atoms with van der Waals surface area (Å²) in [5.41, 5.74) is 1.08. The molecule has 72 valence electrons. The lowest BCUT2D eigenvalue weighted by molar-refractivity contribution is 0.612. The van der Waals surface area contributed by atoms with E-state index in [1.54, 1.807) is 18.2 Å². The highest BCUT2D eigenvalue weighted by Gasteiger charge is 2.08. The monoisotopic (exact) mass is 310 g/mol. The molecule has 0 spiro atoms. The molecule has 13 heavy (non-hydrogen) atoms. The molecule has 0 saturated carbocycles. The van der Waals surface area contributed by atoms with Gasteiger partial charge in [0.05, 0.1) is 26.1 Å². The van der Waals surface area contributed by atoms with Gasteiger partial charge in [-0.05, 0) is 24.1 Å². The Labute approximate surface area is 90.9 Å². The van der Waals surface area contributed by atoms with Gasteiger partial charge in [0, 0.05) is 0 Å². The number of rotatable bonds is 3. The minimum absolute atomic E-state index is 0.402. The minimum atomic E-state index is -3.07. The maximum absolute atomic E-state index is 11.2. The first kappa shape index (κ1) is 11.0. The van der Waals surface area contributed by atoms with Crippen LogP contribution in [0, 0.1) is 0 Å². The summed E-state index contributed by atoms with van der Waals surface area (Å²) in [6.45, 7) is 2.07. The van der Waals surface area contributed by atoms with Crippen molar-refractivity contribution in [1.82, 2.24) is 0 Å². The van der Waals surface area contributed by atoms with Gasteiger partial charge in [0.15, 0.2) is 0 Å². The molecule has 0 heterocycles. The zero-order valence-corrected chi connectivity index (χ0v) is 10.3. The quantitative estimate of drug-likeness (QED) is 0.635. The molecule has 0 N–H and O–H groups in total. The van der Waals surface area contributed by atoms with Crippen molar-refractivity contribution in [2.24, 2.45) is 0 Å². The molecule has 0 atom stereocenters. The van der Waals surface area contributed by atoms with Gasteiger partial charge in [0.25, 0.3) is 0 Å². The summed E-state index contributed by atoms with van der Waals surface area (Å²) in [5, 5.41) is 0. The average Bonchev–Trinajstić information content (AvgIpc) is 2.04. The first-order chi connectivity index (χ1) is 6.04. The van der Waals surface area contributed by atoms with Gasteiger partial charge in [-0.25, -0.2) is 8.42 Å². The van der Waals surface area contributed by atoms with Crippen LogP contribution in [0.2, 0.25) is 0 Å². The number of aryl methyl sites for hydroxylation is 1.